The van der Waals surface area contributed by atoms with Crippen molar-refractivity contribution in [3.05, 3.63) is 70.9 Å². The fourth-order valence-corrected chi connectivity index (χ4v) is 3.51. The third kappa shape index (κ3) is 5.36. The Labute approximate surface area is 189 Å². The molecule has 4 aromatic rings. The number of H-pyrrole nitrogens is 1. The maximum atomic E-state index is 10.8. The van der Waals surface area contributed by atoms with Crippen molar-refractivity contribution in [1.29, 1.82) is 0 Å². The number of hydrogen-bond donors (Lipinski definition) is 2. The number of halogens is 1. The number of aromatic nitrogens is 5. The second-order valence-corrected chi connectivity index (χ2v) is 7.74. The summed E-state index contributed by atoms with van der Waals surface area (Å²) in [5, 5.41) is 16.2. The molecule has 0 aliphatic rings. The van der Waals surface area contributed by atoms with Gasteiger partial charge >= 0.3 is 5.97 Å². The monoisotopic (exact) mass is 455 g/mol. The molecular weight excluding hydrogens is 434 g/mol. The standard InChI is InChI=1S/C22H22ClN5O4/c1-14(32-22-16(11-25-27-22)5-6-21(29)30)9-15-7-8-24-20(10-15)31-13-17-12-28-18(23)3-2-4-19(28)26-17/h2-4,7-8,10-12,14H,5-6,9,13H2,1H3,(H,25,27)(H,29,30). The Morgan fingerprint density at radius 2 is 2.22 bits per heavy atom. The first-order chi connectivity index (χ1) is 15.5. The Bertz CT molecular complexity index is 1220. The van der Waals surface area contributed by atoms with E-state index in [1.165, 1.54) is 0 Å². The number of hydrogen-bond acceptors (Lipinski definition) is 6. The summed E-state index contributed by atoms with van der Waals surface area (Å²) in [6, 6.07) is 9.29. The highest BCUT2D eigenvalue weighted by atomic mass is 35.5. The van der Waals surface area contributed by atoms with Crippen molar-refractivity contribution in [1.82, 2.24) is 24.6 Å². The molecule has 0 bridgehead atoms. The van der Waals surface area contributed by atoms with Crippen molar-refractivity contribution in [3.8, 4) is 11.8 Å². The van der Waals surface area contributed by atoms with Crippen molar-refractivity contribution in [3.63, 3.8) is 0 Å². The minimum atomic E-state index is -0.860. The molecule has 166 valence electrons. The van der Waals surface area contributed by atoms with Gasteiger partial charge in [0.1, 0.15) is 23.5 Å². The van der Waals surface area contributed by atoms with Crippen LogP contribution in [0.25, 0.3) is 5.65 Å². The van der Waals surface area contributed by atoms with Gasteiger partial charge in [-0.1, -0.05) is 17.7 Å². The van der Waals surface area contributed by atoms with Gasteiger partial charge in [0.25, 0.3) is 0 Å². The molecule has 0 aliphatic carbocycles. The van der Waals surface area contributed by atoms with E-state index < -0.39 is 5.97 Å². The number of imidazole rings is 1. The molecule has 0 spiro atoms. The van der Waals surface area contributed by atoms with E-state index in [9.17, 15) is 4.79 Å². The third-order valence-electron chi connectivity index (χ3n) is 4.79. The fourth-order valence-electron chi connectivity index (χ4n) is 3.30. The number of aliphatic carboxylic acids is 1. The van der Waals surface area contributed by atoms with Gasteiger partial charge in [-0.05, 0) is 37.1 Å². The number of pyridine rings is 2. The number of carboxylic acid groups (broad SMARTS) is 1. The zero-order valence-corrected chi connectivity index (χ0v) is 18.1. The first-order valence-electron chi connectivity index (χ1n) is 10.1. The number of aromatic amines is 1. The highest BCUT2D eigenvalue weighted by molar-refractivity contribution is 6.29. The molecule has 0 fully saturated rings. The van der Waals surface area contributed by atoms with Gasteiger partial charge in [0.05, 0.1) is 11.9 Å². The van der Waals surface area contributed by atoms with Crippen LogP contribution in [0.5, 0.6) is 11.8 Å². The quantitative estimate of drug-likeness (QED) is 0.350. The Hall–Kier alpha value is -3.59. The van der Waals surface area contributed by atoms with E-state index in [-0.39, 0.29) is 19.1 Å². The lowest BCUT2D eigenvalue weighted by atomic mass is 10.1. The lowest BCUT2D eigenvalue weighted by molar-refractivity contribution is -0.136. The molecule has 0 saturated carbocycles. The molecule has 4 heterocycles. The Morgan fingerprint density at radius 1 is 1.34 bits per heavy atom. The highest BCUT2D eigenvalue weighted by Crippen LogP contribution is 2.20. The number of fused-ring (bicyclic) bond motifs is 1. The van der Waals surface area contributed by atoms with E-state index in [1.54, 1.807) is 22.9 Å². The Balaban J connectivity index is 1.35. The van der Waals surface area contributed by atoms with E-state index in [1.807, 2.05) is 37.4 Å². The third-order valence-corrected chi connectivity index (χ3v) is 5.10. The maximum absolute atomic E-state index is 10.8. The summed E-state index contributed by atoms with van der Waals surface area (Å²) in [6.07, 6.45) is 5.94. The van der Waals surface area contributed by atoms with E-state index >= 15 is 0 Å². The van der Waals surface area contributed by atoms with Gasteiger partial charge in [-0.25, -0.2) is 15.1 Å². The minimum Gasteiger partial charge on any atom is -0.481 e. The SMILES string of the molecule is CC(Cc1ccnc(OCc2cn3c(Cl)cccc3n2)c1)Oc1[nH]ncc1CCC(=O)O. The predicted octanol–water partition coefficient (Wildman–Crippen LogP) is 3.71. The summed E-state index contributed by atoms with van der Waals surface area (Å²) in [5.41, 5.74) is 3.23. The van der Waals surface area contributed by atoms with Gasteiger partial charge in [-0.15, -0.1) is 0 Å². The van der Waals surface area contributed by atoms with Crippen LogP contribution in [0.3, 0.4) is 0 Å². The zero-order valence-electron chi connectivity index (χ0n) is 17.4. The molecule has 10 heteroatoms. The molecule has 1 unspecified atom stereocenters. The van der Waals surface area contributed by atoms with Crippen LogP contribution in [-0.2, 0) is 24.2 Å². The number of ether oxygens (including phenoxy) is 2. The van der Waals surface area contributed by atoms with E-state index in [2.05, 4.69) is 20.2 Å². The molecular formula is C22H22ClN5O4. The summed E-state index contributed by atoms with van der Waals surface area (Å²) in [4.78, 5) is 19.6. The summed E-state index contributed by atoms with van der Waals surface area (Å²) in [7, 11) is 0. The average Bonchev–Trinajstić information content (AvgIpc) is 3.38. The highest BCUT2D eigenvalue weighted by Gasteiger charge is 2.13. The number of nitrogens with zero attached hydrogens (tertiary/aromatic N) is 4. The van der Waals surface area contributed by atoms with Crippen LogP contribution in [0.1, 0.15) is 30.2 Å². The number of carbonyl (C=O) groups is 1. The number of carboxylic acids is 1. The van der Waals surface area contributed by atoms with Crippen LogP contribution in [0, 0.1) is 0 Å². The second kappa shape index (κ2) is 9.69. The molecule has 0 aliphatic heterocycles. The molecule has 0 radical (unpaired) electrons. The largest absolute Gasteiger partial charge is 0.481 e. The van der Waals surface area contributed by atoms with Crippen molar-refractivity contribution >= 4 is 23.2 Å². The van der Waals surface area contributed by atoms with Crippen LogP contribution < -0.4 is 9.47 Å². The van der Waals surface area contributed by atoms with Gasteiger partial charge in [-0.3, -0.25) is 9.20 Å². The number of aryl methyl sites for hydroxylation is 1. The van der Waals surface area contributed by atoms with Crippen LogP contribution in [-0.4, -0.2) is 41.7 Å². The molecule has 9 nitrogen and oxygen atoms in total. The lowest BCUT2D eigenvalue weighted by Gasteiger charge is -2.15. The summed E-state index contributed by atoms with van der Waals surface area (Å²) < 4.78 is 13.6. The first-order valence-corrected chi connectivity index (χ1v) is 10.5. The van der Waals surface area contributed by atoms with Gasteiger partial charge in [0.15, 0.2) is 0 Å². The van der Waals surface area contributed by atoms with Gasteiger partial charge in [0, 0.05) is 36.9 Å². The molecule has 32 heavy (non-hydrogen) atoms. The average molecular weight is 456 g/mol. The number of rotatable bonds is 10. The van der Waals surface area contributed by atoms with Gasteiger partial charge < -0.3 is 14.6 Å². The topological polar surface area (TPSA) is 115 Å². The minimum absolute atomic E-state index is 0.0217. The zero-order chi connectivity index (χ0) is 22.5. The fraction of sp³-hybridized carbons (Fsp3) is 0.273. The van der Waals surface area contributed by atoms with Crippen LogP contribution in [0.2, 0.25) is 5.15 Å². The summed E-state index contributed by atoms with van der Waals surface area (Å²) in [5.74, 6) is 0.123. The normalized spacial score (nSPS) is 12.1. The molecule has 2 N–H and O–H groups in total. The molecule has 1 atom stereocenters. The molecule has 0 amide bonds. The predicted molar refractivity (Wildman–Crippen MR) is 117 cm³/mol. The van der Waals surface area contributed by atoms with Crippen LogP contribution in [0.4, 0.5) is 0 Å². The van der Waals surface area contributed by atoms with E-state index in [4.69, 9.17) is 26.2 Å². The molecule has 0 saturated heterocycles. The Kier molecular flexibility index (Phi) is 6.55. The number of nitrogens with one attached hydrogen (secondary N) is 1. The van der Waals surface area contributed by atoms with Crippen LogP contribution in [0.15, 0.2) is 48.9 Å². The van der Waals surface area contributed by atoms with Crippen molar-refractivity contribution in [2.75, 3.05) is 0 Å². The second-order valence-electron chi connectivity index (χ2n) is 7.35. The molecule has 0 aromatic carbocycles. The first kappa shape index (κ1) is 21.6. The maximum Gasteiger partial charge on any atom is 0.303 e. The molecule has 4 rings (SSSR count). The summed E-state index contributed by atoms with van der Waals surface area (Å²) >= 11 is 6.17. The summed E-state index contributed by atoms with van der Waals surface area (Å²) in [6.45, 7) is 2.20. The van der Waals surface area contributed by atoms with E-state index in [0.29, 0.717) is 29.8 Å². The van der Waals surface area contributed by atoms with E-state index in [0.717, 1.165) is 22.5 Å². The van der Waals surface area contributed by atoms with Gasteiger partial charge in [-0.2, -0.15) is 5.10 Å². The van der Waals surface area contributed by atoms with Gasteiger partial charge in [0.2, 0.25) is 11.8 Å². The van der Waals surface area contributed by atoms with Crippen molar-refractivity contribution in [2.24, 2.45) is 0 Å². The molecule has 4 aromatic heterocycles. The lowest BCUT2D eigenvalue weighted by Crippen LogP contribution is -2.16. The van der Waals surface area contributed by atoms with Crippen LogP contribution >= 0.6 is 11.6 Å². The smallest absolute Gasteiger partial charge is 0.303 e. The van der Waals surface area contributed by atoms with Crippen molar-refractivity contribution < 1.29 is 19.4 Å². The Morgan fingerprint density at radius 3 is 3.03 bits per heavy atom. The van der Waals surface area contributed by atoms with Crippen molar-refractivity contribution in [2.45, 2.75) is 38.9 Å².